The number of rotatable bonds is 7. The van der Waals surface area contributed by atoms with E-state index in [9.17, 15) is 0 Å². The fourth-order valence-corrected chi connectivity index (χ4v) is 3.06. The van der Waals surface area contributed by atoms with Crippen molar-refractivity contribution in [2.45, 2.75) is 52.6 Å². The number of hydrogen-bond donors (Lipinski definition) is 1. The van der Waals surface area contributed by atoms with Crippen LogP contribution in [0.25, 0.3) is 0 Å². The summed E-state index contributed by atoms with van der Waals surface area (Å²) in [7, 11) is 0. The molecule has 2 heteroatoms. The zero-order chi connectivity index (χ0) is 14.2. The molecule has 1 N–H and O–H groups in total. The Morgan fingerprint density at radius 3 is 2.60 bits per heavy atom. The molecule has 1 aliphatic heterocycles. The lowest BCUT2D eigenvalue weighted by Crippen LogP contribution is -2.33. The zero-order valence-electron chi connectivity index (χ0n) is 13.2. The molecule has 1 aliphatic rings. The van der Waals surface area contributed by atoms with Gasteiger partial charge in [0, 0.05) is 13.1 Å². The van der Waals surface area contributed by atoms with Crippen molar-refractivity contribution < 1.29 is 0 Å². The fraction of sp³-hybridized carbons (Fsp3) is 0.667. The summed E-state index contributed by atoms with van der Waals surface area (Å²) in [6.07, 6.45) is 5.32. The number of hydrogen-bond acceptors (Lipinski definition) is 2. The summed E-state index contributed by atoms with van der Waals surface area (Å²) in [5.74, 6) is 0.968. The zero-order valence-corrected chi connectivity index (χ0v) is 13.2. The van der Waals surface area contributed by atoms with Gasteiger partial charge in [-0.05, 0) is 55.9 Å². The molecule has 2 rings (SSSR count). The van der Waals surface area contributed by atoms with Crippen LogP contribution in [0.5, 0.6) is 0 Å². The van der Waals surface area contributed by atoms with Gasteiger partial charge in [0.05, 0.1) is 0 Å². The Kier molecular flexibility index (Phi) is 6.55. The highest BCUT2D eigenvalue weighted by Gasteiger charge is 2.17. The van der Waals surface area contributed by atoms with E-state index in [0.29, 0.717) is 0 Å². The Hall–Kier alpha value is -0.860. The van der Waals surface area contributed by atoms with Gasteiger partial charge in [-0.15, -0.1) is 0 Å². The second kappa shape index (κ2) is 8.43. The maximum absolute atomic E-state index is 3.48. The van der Waals surface area contributed by atoms with Crippen LogP contribution in [0.3, 0.4) is 0 Å². The average molecular weight is 274 g/mol. The van der Waals surface area contributed by atoms with Crippen LogP contribution in [0.15, 0.2) is 24.3 Å². The molecule has 0 amide bonds. The van der Waals surface area contributed by atoms with Crippen LogP contribution in [0, 0.1) is 5.92 Å². The topological polar surface area (TPSA) is 15.3 Å². The summed E-state index contributed by atoms with van der Waals surface area (Å²) >= 11 is 0. The van der Waals surface area contributed by atoms with E-state index >= 15 is 0 Å². The molecule has 112 valence electrons. The molecule has 0 atom stereocenters. The second-order valence-electron chi connectivity index (χ2n) is 6.12. The van der Waals surface area contributed by atoms with Gasteiger partial charge in [-0.2, -0.15) is 0 Å². The van der Waals surface area contributed by atoms with Crippen LogP contribution in [-0.2, 0) is 13.1 Å². The van der Waals surface area contributed by atoms with Crippen molar-refractivity contribution >= 4 is 0 Å². The number of nitrogens with zero attached hydrogens (tertiary/aromatic N) is 1. The third-order valence-corrected chi connectivity index (χ3v) is 4.44. The lowest BCUT2D eigenvalue weighted by molar-refractivity contribution is 0.175. The van der Waals surface area contributed by atoms with E-state index in [2.05, 4.69) is 48.3 Å². The first-order valence-electron chi connectivity index (χ1n) is 8.32. The Bertz CT molecular complexity index is 381. The number of likely N-dealkylation sites (tertiary alicyclic amines) is 1. The van der Waals surface area contributed by atoms with Gasteiger partial charge in [0.1, 0.15) is 0 Å². The molecular weight excluding hydrogens is 244 g/mol. The largest absolute Gasteiger partial charge is 0.313 e. The van der Waals surface area contributed by atoms with Gasteiger partial charge < -0.3 is 5.32 Å². The Morgan fingerprint density at radius 2 is 1.90 bits per heavy atom. The maximum Gasteiger partial charge on any atom is 0.0233 e. The number of benzene rings is 1. The molecule has 20 heavy (non-hydrogen) atoms. The van der Waals surface area contributed by atoms with Gasteiger partial charge in [-0.1, -0.05) is 44.5 Å². The molecule has 0 bridgehead atoms. The van der Waals surface area contributed by atoms with E-state index in [0.717, 1.165) is 25.6 Å². The average Bonchev–Trinajstić information content (AvgIpc) is 2.49. The lowest BCUT2D eigenvalue weighted by Gasteiger charge is -2.31. The first-order valence-corrected chi connectivity index (χ1v) is 8.32. The summed E-state index contributed by atoms with van der Waals surface area (Å²) in [6.45, 7) is 10.3. The molecule has 1 fully saturated rings. The van der Waals surface area contributed by atoms with Crippen molar-refractivity contribution in [1.29, 1.82) is 0 Å². The molecule has 0 aliphatic carbocycles. The molecular formula is C18H30N2. The van der Waals surface area contributed by atoms with Gasteiger partial charge in [0.25, 0.3) is 0 Å². The summed E-state index contributed by atoms with van der Waals surface area (Å²) in [4.78, 5) is 2.62. The SMILES string of the molecule is CCCNCc1cccc(CN2CCC(CC)CC2)c1. The predicted octanol–water partition coefficient (Wildman–Crippen LogP) is 3.81. The van der Waals surface area contributed by atoms with E-state index in [-0.39, 0.29) is 0 Å². The summed E-state index contributed by atoms with van der Waals surface area (Å²) in [5.41, 5.74) is 2.88. The van der Waals surface area contributed by atoms with Gasteiger partial charge in [-0.25, -0.2) is 0 Å². The third kappa shape index (κ3) is 4.92. The summed E-state index contributed by atoms with van der Waals surface area (Å²) < 4.78 is 0. The van der Waals surface area contributed by atoms with Crippen LogP contribution in [0.4, 0.5) is 0 Å². The molecule has 0 aromatic heterocycles. The van der Waals surface area contributed by atoms with Crippen LogP contribution in [0.2, 0.25) is 0 Å². The van der Waals surface area contributed by atoms with Crippen molar-refractivity contribution in [3.8, 4) is 0 Å². The van der Waals surface area contributed by atoms with Crippen LogP contribution >= 0.6 is 0 Å². The standard InChI is InChI=1S/C18H30N2/c1-3-10-19-14-17-6-5-7-18(13-17)15-20-11-8-16(4-2)9-12-20/h5-7,13,16,19H,3-4,8-12,14-15H2,1-2H3. The van der Waals surface area contributed by atoms with E-state index < -0.39 is 0 Å². The fourth-order valence-electron chi connectivity index (χ4n) is 3.06. The maximum atomic E-state index is 3.48. The highest BCUT2D eigenvalue weighted by molar-refractivity contribution is 5.23. The van der Waals surface area contributed by atoms with Crippen molar-refractivity contribution in [2.75, 3.05) is 19.6 Å². The Balaban J connectivity index is 1.82. The van der Waals surface area contributed by atoms with E-state index in [1.54, 1.807) is 0 Å². The first-order chi connectivity index (χ1) is 9.81. The van der Waals surface area contributed by atoms with E-state index in [1.807, 2.05) is 0 Å². The summed E-state index contributed by atoms with van der Waals surface area (Å²) in [6, 6.07) is 9.08. The van der Waals surface area contributed by atoms with Gasteiger partial charge in [0.2, 0.25) is 0 Å². The van der Waals surface area contributed by atoms with Crippen molar-refractivity contribution in [3.05, 3.63) is 35.4 Å². The van der Waals surface area contributed by atoms with Gasteiger partial charge in [0.15, 0.2) is 0 Å². The minimum atomic E-state index is 0.968. The van der Waals surface area contributed by atoms with Crippen LogP contribution < -0.4 is 5.32 Å². The first kappa shape index (κ1) is 15.5. The molecule has 1 aromatic rings. The van der Waals surface area contributed by atoms with Crippen molar-refractivity contribution in [3.63, 3.8) is 0 Å². The van der Waals surface area contributed by atoms with E-state index in [1.165, 1.54) is 49.9 Å². The van der Waals surface area contributed by atoms with E-state index in [4.69, 9.17) is 0 Å². The Morgan fingerprint density at radius 1 is 1.15 bits per heavy atom. The molecule has 1 heterocycles. The normalized spacial score (nSPS) is 17.5. The monoisotopic (exact) mass is 274 g/mol. The lowest BCUT2D eigenvalue weighted by atomic mass is 9.94. The minimum absolute atomic E-state index is 0.968. The molecule has 0 saturated carbocycles. The second-order valence-corrected chi connectivity index (χ2v) is 6.12. The minimum Gasteiger partial charge on any atom is -0.313 e. The van der Waals surface area contributed by atoms with Gasteiger partial charge >= 0.3 is 0 Å². The molecule has 0 unspecified atom stereocenters. The van der Waals surface area contributed by atoms with Gasteiger partial charge in [-0.3, -0.25) is 4.90 Å². The van der Waals surface area contributed by atoms with Crippen molar-refractivity contribution in [1.82, 2.24) is 10.2 Å². The molecule has 1 saturated heterocycles. The molecule has 0 spiro atoms. The smallest absolute Gasteiger partial charge is 0.0233 e. The molecule has 2 nitrogen and oxygen atoms in total. The highest BCUT2D eigenvalue weighted by atomic mass is 15.1. The highest BCUT2D eigenvalue weighted by Crippen LogP contribution is 2.21. The van der Waals surface area contributed by atoms with Crippen LogP contribution in [0.1, 0.15) is 50.7 Å². The van der Waals surface area contributed by atoms with Crippen molar-refractivity contribution in [2.24, 2.45) is 5.92 Å². The molecule has 0 radical (unpaired) electrons. The Labute approximate surface area is 124 Å². The molecule has 1 aromatic carbocycles. The summed E-state index contributed by atoms with van der Waals surface area (Å²) in [5, 5.41) is 3.48. The predicted molar refractivity (Wildman–Crippen MR) is 86.7 cm³/mol. The third-order valence-electron chi connectivity index (χ3n) is 4.44. The quantitative estimate of drug-likeness (QED) is 0.761. The number of nitrogens with one attached hydrogen (secondary N) is 1. The van der Waals surface area contributed by atoms with Crippen LogP contribution in [-0.4, -0.2) is 24.5 Å². The number of piperidine rings is 1.